The number of carboxylic acid groups (broad SMARTS) is 1. The van der Waals surface area contributed by atoms with Crippen molar-refractivity contribution in [2.75, 3.05) is 18.4 Å². The lowest BCUT2D eigenvalue weighted by Gasteiger charge is -2.32. The fraction of sp³-hybridized carbons (Fsp3) is 0.429. The molecular formula is C14H16BrClN2O3. The number of halogens is 2. The molecule has 0 spiro atoms. The van der Waals surface area contributed by atoms with Gasteiger partial charge in [0, 0.05) is 29.0 Å². The summed E-state index contributed by atoms with van der Waals surface area (Å²) in [6.45, 7) is 1.12. The Morgan fingerprint density at radius 1 is 1.48 bits per heavy atom. The molecule has 0 aliphatic carbocycles. The minimum absolute atomic E-state index is 0.0238. The Balaban J connectivity index is 1.97. The Morgan fingerprint density at radius 2 is 2.24 bits per heavy atom. The molecule has 0 bridgehead atoms. The number of nitrogens with one attached hydrogen (secondary N) is 1. The van der Waals surface area contributed by atoms with E-state index in [4.69, 9.17) is 16.7 Å². The topological polar surface area (TPSA) is 69.6 Å². The lowest BCUT2D eigenvalue weighted by molar-refractivity contribution is -0.138. The molecule has 2 amide bonds. The van der Waals surface area contributed by atoms with Crippen molar-refractivity contribution in [3.8, 4) is 0 Å². The second kappa shape index (κ2) is 7.13. The van der Waals surface area contributed by atoms with Gasteiger partial charge < -0.3 is 15.3 Å². The summed E-state index contributed by atoms with van der Waals surface area (Å²) >= 11 is 9.21. The molecule has 7 heteroatoms. The number of piperidine rings is 1. The largest absolute Gasteiger partial charge is 0.481 e. The van der Waals surface area contributed by atoms with Crippen LogP contribution in [0.5, 0.6) is 0 Å². The van der Waals surface area contributed by atoms with E-state index in [1.54, 1.807) is 23.1 Å². The maximum absolute atomic E-state index is 12.2. The molecule has 0 aromatic heterocycles. The zero-order chi connectivity index (χ0) is 15.4. The van der Waals surface area contributed by atoms with Crippen molar-refractivity contribution in [2.45, 2.75) is 19.3 Å². The average molecular weight is 376 g/mol. The normalized spacial score (nSPS) is 18.4. The second-order valence-corrected chi connectivity index (χ2v) is 6.40. The molecule has 1 saturated heterocycles. The van der Waals surface area contributed by atoms with Crippen LogP contribution in [0.4, 0.5) is 10.5 Å². The van der Waals surface area contributed by atoms with Crippen LogP contribution >= 0.6 is 27.5 Å². The predicted octanol–water partition coefficient (Wildman–Crippen LogP) is 3.82. The third-order valence-electron chi connectivity index (χ3n) is 3.44. The Morgan fingerprint density at radius 3 is 2.90 bits per heavy atom. The number of carboxylic acids is 1. The van der Waals surface area contributed by atoms with Crippen LogP contribution in [-0.4, -0.2) is 35.1 Å². The molecule has 2 rings (SSSR count). The molecule has 1 aliphatic heterocycles. The maximum atomic E-state index is 12.2. The number of nitrogens with zero attached hydrogens (tertiary/aromatic N) is 1. The highest BCUT2D eigenvalue weighted by molar-refractivity contribution is 9.10. The summed E-state index contributed by atoms with van der Waals surface area (Å²) in [7, 11) is 0. The molecule has 1 aromatic rings. The highest BCUT2D eigenvalue weighted by atomic mass is 79.9. The lowest BCUT2D eigenvalue weighted by Crippen LogP contribution is -2.42. The molecule has 1 atom stereocenters. The van der Waals surface area contributed by atoms with Gasteiger partial charge in [0.2, 0.25) is 0 Å². The number of hydrogen-bond donors (Lipinski definition) is 2. The minimum Gasteiger partial charge on any atom is -0.481 e. The van der Waals surface area contributed by atoms with E-state index in [2.05, 4.69) is 21.2 Å². The Bertz CT molecular complexity index is 553. The monoisotopic (exact) mass is 374 g/mol. The molecule has 114 valence electrons. The summed E-state index contributed by atoms with van der Waals surface area (Å²) in [5.41, 5.74) is 0.643. The Kier molecular flexibility index (Phi) is 5.47. The van der Waals surface area contributed by atoms with Gasteiger partial charge in [-0.2, -0.15) is 0 Å². The van der Waals surface area contributed by atoms with Gasteiger partial charge in [0.1, 0.15) is 0 Å². The van der Waals surface area contributed by atoms with Gasteiger partial charge in [-0.05, 0) is 52.9 Å². The van der Waals surface area contributed by atoms with E-state index in [1.807, 2.05) is 0 Å². The second-order valence-electron chi connectivity index (χ2n) is 5.11. The van der Waals surface area contributed by atoms with Crippen LogP contribution in [-0.2, 0) is 4.79 Å². The van der Waals surface area contributed by atoms with E-state index < -0.39 is 5.97 Å². The molecule has 5 nitrogen and oxygen atoms in total. The summed E-state index contributed by atoms with van der Waals surface area (Å²) in [4.78, 5) is 24.7. The highest BCUT2D eigenvalue weighted by Crippen LogP contribution is 2.27. The Labute approximate surface area is 136 Å². The number of aliphatic carboxylic acids is 1. The van der Waals surface area contributed by atoms with E-state index in [0.717, 1.165) is 12.8 Å². The fourth-order valence-electron chi connectivity index (χ4n) is 2.45. The molecular weight excluding hydrogens is 360 g/mol. The number of rotatable bonds is 3. The highest BCUT2D eigenvalue weighted by Gasteiger charge is 2.25. The van der Waals surface area contributed by atoms with Gasteiger partial charge in [-0.3, -0.25) is 4.79 Å². The van der Waals surface area contributed by atoms with Gasteiger partial charge in [-0.25, -0.2) is 4.79 Å². The number of likely N-dealkylation sites (tertiary alicyclic amines) is 1. The van der Waals surface area contributed by atoms with Crippen LogP contribution in [0.15, 0.2) is 22.7 Å². The van der Waals surface area contributed by atoms with E-state index in [1.165, 1.54) is 0 Å². The first-order valence-electron chi connectivity index (χ1n) is 6.68. The van der Waals surface area contributed by atoms with Crippen molar-refractivity contribution in [1.82, 2.24) is 4.90 Å². The molecule has 21 heavy (non-hydrogen) atoms. The number of urea groups is 1. The number of benzene rings is 1. The number of hydrogen-bond acceptors (Lipinski definition) is 2. The summed E-state index contributed by atoms with van der Waals surface area (Å²) in [5.74, 6) is -0.793. The quantitative estimate of drug-likeness (QED) is 0.844. The van der Waals surface area contributed by atoms with E-state index in [9.17, 15) is 9.59 Å². The van der Waals surface area contributed by atoms with Crippen LogP contribution < -0.4 is 5.32 Å². The van der Waals surface area contributed by atoms with Gasteiger partial charge in [0.15, 0.2) is 0 Å². The first kappa shape index (κ1) is 16.1. The van der Waals surface area contributed by atoms with Crippen molar-refractivity contribution in [1.29, 1.82) is 0 Å². The van der Waals surface area contributed by atoms with E-state index in [-0.39, 0.29) is 18.4 Å². The van der Waals surface area contributed by atoms with Crippen molar-refractivity contribution in [3.63, 3.8) is 0 Å². The zero-order valence-corrected chi connectivity index (χ0v) is 13.7. The number of carbonyl (C=O) groups is 2. The van der Waals surface area contributed by atoms with Crippen LogP contribution in [0.3, 0.4) is 0 Å². The Hall–Kier alpha value is -1.27. The average Bonchev–Trinajstić information content (AvgIpc) is 2.41. The summed E-state index contributed by atoms with van der Waals surface area (Å²) in [6.07, 6.45) is 1.78. The molecule has 1 fully saturated rings. The lowest BCUT2D eigenvalue weighted by atomic mass is 9.95. The van der Waals surface area contributed by atoms with Crippen molar-refractivity contribution >= 4 is 45.2 Å². The summed E-state index contributed by atoms with van der Waals surface area (Å²) in [6, 6.07) is 4.92. The summed E-state index contributed by atoms with van der Waals surface area (Å²) in [5, 5.41) is 12.2. The molecule has 1 aliphatic rings. The fourth-order valence-corrected chi connectivity index (χ4v) is 3.23. The number of anilines is 1. The van der Waals surface area contributed by atoms with Gasteiger partial charge in [-0.15, -0.1) is 0 Å². The number of amides is 2. The summed E-state index contributed by atoms with van der Waals surface area (Å²) < 4.78 is 0.711. The smallest absolute Gasteiger partial charge is 0.321 e. The molecule has 1 aromatic carbocycles. The zero-order valence-electron chi connectivity index (χ0n) is 11.3. The molecule has 1 heterocycles. The molecule has 0 saturated carbocycles. The minimum atomic E-state index is -0.817. The third-order valence-corrected chi connectivity index (χ3v) is 4.33. The van der Waals surface area contributed by atoms with Crippen molar-refractivity contribution < 1.29 is 14.7 Å². The number of carbonyl (C=O) groups excluding carboxylic acids is 1. The van der Waals surface area contributed by atoms with Crippen molar-refractivity contribution in [3.05, 3.63) is 27.7 Å². The molecule has 0 radical (unpaired) electrons. The van der Waals surface area contributed by atoms with Gasteiger partial charge in [0.05, 0.1) is 5.69 Å². The van der Waals surface area contributed by atoms with Crippen LogP contribution in [0, 0.1) is 5.92 Å². The van der Waals surface area contributed by atoms with Gasteiger partial charge >= 0.3 is 12.0 Å². The molecule has 1 unspecified atom stereocenters. The van der Waals surface area contributed by atoms with Crippen LogP contribution in [0.2, 0.25) is 5.02 Å². The van der Waals surface area contributed by atoms with Crippen LogP contribution in [0.25, 0.3) is 0 Å². The van der Waals surface area contributed by atoms with E-state index >= 15 is 0 Å². The third kappa shape index (κ3) is 4.61. The first-order chi connectivity index (χ1) is 9.95. The SMILES string of the molecule is O=C(O)CC1CCCN(C(=O)Nc2ccc(Cl)cc2Br)C1. The van der Waals surface area contributed by atoms with Crippen LogP contribution in [0.1, 0.15) is 19.3 Å². The standard InChI is InChI=1S/C14H16BrClN2O3/c15-11-7-10(16)3-4-12(11)17-14(21)18-5-1-2-9(8-18)6-13(19)20/h3-4,7,9H,1-2,5-6,8H2,(H,17,21)(H,19,20). The molecule has 2 N–H and O–H groups in total. The maximum Gasteiger partial charge on any atom is 0.321 e. The van der Waals surface area contributed by atoms with Gasteiger partial charge in [-0.1, -0.05) is 11.6 Å². The van der Waals surface area contributed by atoms with Gasteiger partial charge in [0.25, 0.3) is 0 Å². The van der Waals surface area contributed by atoms with Crippen molar-refractivity contribution in [2.24, 2.45) is 5.92 Å². The van der Waals surface area contributed by atoms with E-state index in [0.29, 0.717) is 28.3 Å². The predicted molar refractivity (Wildman–Crippen MR) is 84.7 cm³/mol. The first-order valence-corrected chi connectivity index (χ1v) is 7.85.